The Bertz CT molecular complexity index is 940. The lowest BCUT2D eigenvalue weighted by molar-refractivity contribution is -0.147. The molecule has 4 amide bonds. The van der Waals surface area contributed by atoms with E-state index in [9.17, 15) is 19.2 Å². The molecule has 8 nitrogen and oxygen atoms in total. The average molecular weight is 397 g/mol. The average Bonchev–Trinajstić information content (AvgIpc) is 2.67. The summed E-state index contributed by atoms with van der Waals surface area (Å²) in [4.78, 5) is 47.4. The maximum Gasteiger partial charge on any atom is 0.325 e. The van der Waals surface area contributed by atoms with Crippen LogP contribution in [0.15, 0.2) is 42.5 Å². The minimum absolute atomic E-state index is 0.394. The zero-order valence-corrected chi connectivity index (χ0v) is 16.5. The number of hydrogen-bond donors (Lipinski definition) is 3. The number of aryl methyl sites for hydroxylation is 3. The second-order valence-electron chi connectivity index (χ2n) is 6.48. The molecule has 0 atom stereocenters. The molecule has 2 aromatic rings. The number of rotatable bonds is 6. The summed E-state index contributed by atoms with van der Waals surface area (Å²) in [6.45, 7) is 4.50. The van der Waals surface area contributed by atoms with Crippen LogP contribution in [-0.4, -0.2) is 37.0 Å². The van der Waals surface area contributed by atoms with E-state index >= 15 is 0 Å². The number of urea groups is 1. The van der Waals surface area contributed by atoms with Gasteiger partial charge in [-0.2, -0.15) is 0 Å². The summed E-state index contributed by atoms with van der Waals surface area (Å²) >= 11 is 0. The number of imide groups is 1. The molecular formula is C21H23N3O5. The van der Waals surface area contributed by atoms with Crippen molar-refractivity contribution in [2.45, 2.75) is 20.8 Å². The van der Waals surface area contributed by atoms with Crippen molar-refractivity contribution in [3.63, 3.8) is 0 Å². The molecule has 2 rings (SSSR count). The molecule has 0 radical (unpaired) electrons. The van der Waals surface area contributed by atoms with Crippen LogP contribution in [0.5, 0.6) is 0 Å². The number of carbonyl (C=O) groups is 4. The van der Waals surface area contributed by atoms with Crippen molar-refractivity contribution in [3.8, 4) is 0 Å². The van der Waals surface area contributed by atoms with E-state index in [0.29, 0.717) is 11.3 Å². The van der Waals surface area contributed by atoms with E-state index in [1.165, 1.54) is 0 Å². The zero-order valence-electron chi connectivity index (χ0n) is 16.5. The lowest BCUT2D eigenvalue weighted by Gasteiger charge is -2.10. The fraction of sp³-hybridized carbons (Fsp3) is 0.238. The Morgan fingerprint density at radius 1 is 0.931 bits per heavy atom. The Morgan fingerprint density at radius 3 is 2.34 bits per heavy atom. The topological polar surface area (TPSA) is 114 Å². The third-order valence-corrected chi connectivity index (χ3v) is 4.03. The Balaban J connectivity index is 1.72. The van der Waals surface area contributed by atoms with E-state index in [0.717, 1.165) is 16.7 Å². The van der Waals surface area contributed by atoms with Crippen molar-refractivity contribution in [3.05, 3.63) is 64.7 Å². The van der Waals surface area contributed by atoms with Gasteiger partial charge in [0.2, 0.25) is 0 Å². The van der Waals surface area contributed by atoms with E-state index in [2.05, 4.69) is 16.0 Å². The standard InChI is InChI=1S/C21H23N3O5/c1-13-8-9-17(15(3)10-13)23-21(28)24-18(25)12-29-19(26)11-22-20(27)16-7-5-4-6-14(16)2/h4-10H,11-12H2,1-3H3,(H,22,27)(H2,23,24,25,28). The maximum absolute atomic E-state index is 12.0. The predicted molar refractivity (Wildman–Crippen MR) is 108 cm³/mol. The minimum atomic E-state index is -0.795. The molecule has 0 fully saturated rings. The van der Waals surface area contributed by atoms with Crippen LogP contribution < -0.4 is 16.0 Å². The van der Waals surface area contributed by atoms with Gasteiger partial charge in [-0.3, -0.25) is 19.7 Å². The second kappa shape index (κ2) is 10.0. The van der Waals surface area contributed by atoms with Gasteiger partial charge < -0.3 is 15.4 Å². The number of anilines is 1. The van der Waals surface area contributed by atoms with Crippen LogP contribution in [0.3, 0.4) is 0 Å². The van der Waals surface area contributed by atoms with Crippen molar-refractivity contribution >= 4 is 29.5 Å². The smallest absolute Gasteiger partial charge is 0.325 e. The number of hydrogen-bond acceptors (Lipinski definition) is 5. The number of esters is 1. The summed E-state index contributed by atoms with van der Waals surface area (Å²) < 4.78 is 4.77. The molecule has 152 valence electrons. The largest absolute Gasteiger partial charge is 0.454 e. The fourth-order valence-corrected chi connectivity index (χ4v) is 2.54. The molecule has 3 N–H and O–H groups in total. The Kier molecular flexibility index (Phi) is 7.47. The van der Waals surface area contributed by atoms with Gasteiger partial charge in [0, 0.05) is 11.3 Å². The van der Waals surface area contributed by atoms with Crippen LogP contribution in [-0.2, 0) is 14.3 Å². The number of amides is 4. The van der Waals surface area contributed by atoms with E-state index in [1.54, 1.807) is 37.3 Å². The van der Waals surface area contributed by atoms with Crippen molar-refractivity contribution in [2.24, 2.45) is 0 Å². The van der Waals surface area contributed by atoms with Gasteiger partial charge in [-0.15, -0.1) is 0 Å². The number of carbonyl (C=O) groups excluding carboxylic acids is 4. The summed E-state index contributed by atoms with van der Waals surface area (Å²) in [5.41, 5.74) is 3.68. The van der Waals surface area contributed by atoms with Crippen molar-refractivity contribution in [1.82, 2.24) is 10.6 Å². The van der Waals surface area contributed by atoms with E-state index in [4.69, 9.17) is 4.74 Å². The summed E-state index contributed by atoms with van der Waals surface area (Å²) in [6.07, 6.45) is 0. The molecule has 29 heavy (non-hydrogen) atoms. The Morgan fingerprint density at radius 2 is 1.66 bits per heavy atom. The highest BCUT2D eigenvalue weighted by atomic mass is 16.5. The molecule has 2 aromatic carbocycles. The number of nitrogens with one attached hydrogen (secondary N) is 3. The molecular weight excluding hydrogens is 374 g/mol. The molecule has 0 unspecified atom stereocenters. The number of benzene rings is 2. The van der Waals surface area contributed by atoms with E-state index < -0.39 is 37.0 Å². The fourth-order valence-electron chi connectivity index (χ4n) is 2.54. The highest BCUT2D eigenvalue weighted by molar-refractivity contribution is 6.02. The normalized spacial score (nSPS) is 10.0. The molecule has 0 aromatic heterocycles. The molecule has 0 saturated heterocycles. The maximum atomic E-state index is 12.0. The summed E-state index contributed by atoms with van der Waals surface area (Å²) in [5.74, 6) is -2.00. The first-order valence-electron chi connectivity index (χ1n) is 8.94. The van der Waals surface area contributed by atoms with Gasteiger partial charge in [-0.25, -0.2) is 4.79 Å². The lowest BCUT2D eigenvalue weighted by atomic mass is 10.1. The summed E-state index contributed by atoms with van der Waals surface area (Å²) in [7, 11) is 0. The van der Waals surface area contributed by atoms with E-state index in [-0.39, 0.29) is 0 Å². The van der Waals surface area contributed by atoms with Crippen LogP contribution in [0.2, 0.25) is 0 Å². The second-order valence-corrected chi connectivity index (χ2v) is 6.48. The zero-order chi connectivity index (χ0) is 21.4. The molecule has 0 spiro atoms. The van der Waals surface area contributed by atoms with Crippen LogP contribution in [0.25, 0.3) is 0 Å². The Labute approximate surface area is 168 Å². The molecule has 0 aliphatic rings. The highest BCUT2D eigenvalue weighted by Gasteiger charge is 2.14. The third-order valence-electron chi connectivity index (χ3n) is 4.03. The van der Waals surface area contributed by atoms with Crippen LogP contribution in [0, 0.1) is 20.8 Å². The van der Waals surface area contributed by atoms with Gasteiger partial charge in [0.05, 0.1) is 0 Å². The lowest BCUT2D eigenvalue weighted by Crippen LogP contribution is -2.38. The number of ether oxygens (including phenoxy) is 1. The minimum Gasteiger partial charge on any atom is -0.454 e. The molecule has 0 aliphatic heterocycles. The first-order chi connectivity index (χ1) is 13.8. The highest BCUT2D eigenvalue weighted by Crippen LogP contribution is 2.15. The van der Waals surface area contributed by atoms with Crippen molar-refractivity contribution < 1.29 is 23.9 Å². The van der Waals surface area contributed by atoms with Crippen molar-refractivity contribution in [2.75, 3.05) is 18.5 Å². The predicted octanol–water partition coefficient (Wildman–Crippen LogP) is 2.23. The molecule has 0 heterocycles. The van der Waals surface area contributed by atoms with Gasteiger partial charge in [0.1, 0.15) is 6.54 Å². The van der Waals surface area contributed by atoms with Crippen LogP contribution >= 0.6 is 0 Å². The van der Waals surface area contributed by atoms with Gasteiger partial charge in [0.15, 0.2) is 6.61 Å². The third kappa shape index (κ3) is 6.76. The Hall–Kier alpha value is -3.68. The molecule has 0 aliphatic carbocycles. The monoisotopic (exact) mass is 397 g/mol. The quantitative estimate of drug-likeness (QED) is 0.647. The van der Waals surface area contributed by atoms with Crippen LogP contribution in [0.4, 0.5) is 10.5 Å². The SMILES string of the molecule is Cc1ccc(NC(=O)NC(=O)COC(=O)CNC(=O)c2ccccc2C)c(C)c1. The van der Waals surface area contributed by atoms with Gasteiger partial charge in [-0.05, 0) is 44.0 Å². The van der Waals surface area contributed by atoms with Gasteiger partial charge in [0.25, 0.3) is 11.8 Å². The molecule has 8 heteroatoms. The summed E-state index contributed by atoms with van der Waals surface area (Å²) in [5, 5.41) is 7.04. The molecule has 0 bridgehead atoms. The van der Waals surface area contributed by atoms with E-state index in [1.807, 2.05) is 26.0 Å². The summed E-state index contributed by atoms with van der Waals surface area (Å²) in [6, 6.07) is 11.7. The molecule has 0 saturated carbocycles. The first kappa shape index (κ1) is 21.6. The van der Waals surface area contributed by atoms with Crippen LogP contribution in [0.1, 0.15) is 27.0 Å². The van der Waals surface area contributed by atoms with Crippen molar-refractivity contribution in [1.29, 1.82) is 0 Å². The van der Waals surface area contributed by atoms with Gasteiger partial charge in [-0.1, -0.05) is 35.9 Å². The first-order valence-corrected chi connectivity index (χ1v) is 8.94. The van der Waals surface area contributed by atoms with Gasteiger partial charge >= 0.3 is 12.0 Å².